The molecule has 0 atom stereocenters. The molecule has 0 radical (unpaired) electrons. The molecule has 1 fully saturated rings. The van der Waals surface area contributed by atoms with Crippen LogP contribution in [0, 0.1) is 6.92 Å². The molecule has 20 heavy (non-hydrogen) atoms. The first kappa shape index (κ1) is 15.3. The molecule has 0 saturated heterocycles. The monoisotopic (exact) mass is 277 g/mol. The number of pyridine rings is 1. The third-order valence-corrected chi connectivity index (χ3v) is 3.73. The van der Waals surface area contributed by atoms with E-state index in [9.17, 15) is 0 Å². The lowest BCUT2D eigenvalue weighted by Gasteiger charge is -2.29. The molecule has 0 aromatic carbocycles. The molecule has 2 rings (SSSR count). The number of nitrogens with zero attached hydrogens (tertiary/aromatic N) is 2. The smallest absolute Gasteiger partial charge is 0.131 e. The summed E-state index contributed by atoms with van der Waals surface area (Å²) in [7, 11) is 0. The number of hydrogen-bond acceptors (Lipinski definition) is 4. The van der Waals surface area contributed by atoms with Crippen LogP contribution in [0.5, 0.6) is 0 Å². The average molecular weight is 277 g/mol. The fourth-order valence-corrected chi connectivity index (χ4v) is 2.42. The van der Waals surface area contributed by atoms with Crippen molar-refractivity contribution in [3.63, 3.8) is 0 Å². The minimum atomic E-state index is 0.228. The second-order valence-corrected chi connectivity index (χ2v) is 6.00. The van der Waals surface area contributed by atoms with Crippen LogP contribution in [0.25, 0.3) is 0 Å². The van der Waals surface area contributed by atoms with Gasteiger partial charge in [0.15, 0.2) is 0 Å². The van der Waals surface area contributed by atoms with Gasteiger partial charge >= 0.3 is 0 Å². The van der Waals surface area contributed by atoms with Gasteiger partial charge in [-0.2, -0.15) is 0 Å². The van der Waals surface area contributed by atoms with Crippen LogP contribution in [-0.2, 0) is 6.54 Å². The molecule has 0 spiro atoms. The second kappa shape index (κ2) is 7.04. The first-order valence-corrected chi connectivity index (χ1v) is 7.68. The highest BCUT2D eigenvalue weighted by Gasteiger charge is 2.20. The van der Waals surface area contributed by atoms with Gasteiger partial charge in [0.1, 0.15) is 5.82 Å². The van der Waals surface area contributed by atoms with Crippen LogP contribution in [0.15, 0.2) is 12.3 Å². The maximum atomic E-state index is 9.03. The van der Waals surface area contributed by atoms with E-state index in [1.807, 2.05) is 6.20 Å². The van der Waals surface area contributed by atoms with Crippen LogP contribution in [-0.4, -0.2) is 35.3 Å². The zero-order chi connectivity index (χ0) is 14.5. The van der Waals surface area contributed by atoms with Crippen molar-refractivity contribution in [2.45, 2.75) is 58.7 Å². The second-order valence-electron chi connectivity index (χ2n) is 6.00. The summed E-state index contributed by atoms with van der Waals surface area (Å²) in [6.45, 7) is 8.45. The Morgan fingerprint density at radius 3 is 2.75 bits per heavy atom. The van der Waals surface area contributed by atoms with Crippen molar-refractivity contribution in [1.82, 2.24) is 10.3 Å². The third kappa shape index (κ3) is 4.18. The number of hydrogen-bond donors (Lipinski definition) is 2. The number of aryl methyl sites for hydroxylation is 1. The summed E-state index contributed by atoms with van der Waals surface area (Å²) in [5.74, 6) is 1.05. The number of aliphatic hydroxyl groups is 1. The van der Waals surface area contributed by atoms with Gasteiger partial charge in [0.05, 0.1) is 0 Å². The fraction of sp³-hybridized carbons (Fsp3) is 0.688. The van der Waals surface area contributed by atoms with E-state index in [1.54, 1.807) is 0 Å². The lowest BCUT2D eigenvalue weighted by atomic mass is 10.1. The molecular formula is C16H27N3O. The van der Waals surface area contributed by atoms with Gasteiger partial charge in [0.2, 0.25) is 0 Å². The minimum absolute atomic E-state index is 0.228. The number of anilines is 1. The van der Waals surface area contributed by atoms with Crippen LogP contribution in [0.4, 0.5) is 5.82 Å². The summed E-state index contributed by atoms with van der Waals surface area (Å²) in [4.78, 5) is 6.92. The van der Waals surface area contributed by atoms with Crippen LogP contribution in [0.3, 0.4) is 0 Å². The van der Waals surface area contributed by atoms with Crippen LogP contribution < -0.4 is 10.2 Å². The highest BCUT2D eigenvalue weighted by atomic mass is 16.3. The molecule has 1 aromatic rings. The minimum Gasteiger partial charge on any atom is -0.396 e. The average Bonchev–Trinajstić information content (AvgIpc) is 3.22. The summed E-state index contributed by atoms with van der Waals surface area (Å²) in [6.07, 6.45) is 5.38. The van der Waals surface area contributed by atoms with Crippen molar-refractivity contribution < 1.29 is 5.11 Å². The quantitative estimate of drug-likeness (QED) is 0.765. The third-order valence-electron chi connectivity index (χ3n) is 3.73. The van der Waals surface area contributed by atoms with Crippen molar-refractivity contribution >= 4 is 5.82 Å². The molecule has 4 heteroatoms. The summed E-state index contributed by atoms with van der Waals surface area (Å²) in [6, 6.07) is 3.35. The van der Waals surface area contributed by atoms with Crippen LogP contribution in [0.2, 0.25) is 0 Å². The van der Waals surface area contributed by atoms with Crippen molar-refractivity contribution in [1.29, 1.82) is 0 Å². The van der Waals surface area contributed by atoms with Gasteiger partial charge in [-0.1, -0.05) is 0 Å². The van der Waals surface area contributed by atoms with Crippen LogP contribution >= 0.6 is 0 Å². The van der Waals surface area contributed by atoms with E-state index in [0.29, 0.717) is 6.04 Å². The molecule has 1 heterocycles. The first-order chi connectivity index (χ1) is 9.61. The van der Waals surface area contributed by atoms with Crippen molar-refractivity contribution in [2.75, 3.05) is 18.1 Å². The molecule has 0 unspecified atom stereocenters. The highest BCUT2D eigenvalue weighted by molar-refractivity contribution is 5.48. The maximum absolute atomic E-state index is 9.03. The molecule has 1 aliphatic rings. The van der Waals surface area contributed by atoms with E-state index in [1.165, 1.54) is 24.0 Å². The SMILES string of the molecule is Cc1cc(CNC2CC2)cnc1N(CCCO)C(C)C. The summed E-state index contributed by atoms with van der Waals surface area (Å²) in [5.41, 5.74) is 2.47. The zero-order valence-corrected chi connectivity index (χ0v) is 12.9. The molecule has 4 nitrogen and oxygen atoms in total. The molecule has 2 N–H and O–H groups in total. The number of rotatable bonds is 8. The molecule has 1 aromatic heterocycles. The van der Waals surface area contributed by atoms with Gasteiger partial charge in [-0.15, -0.1) is 0 Å². The van der Waals surface area contributed by atoms with Gasteiger partial charge in [-0.25, -0.2) is 4.98 Å². The zero-order valence-electron chi connectivity index (χ0n) is 12.9. The molecule has 0 amide bonds. The number of aliphatic hydroxyl groups excluding tert-OH is 1. The highest BCUT2D eigenvalue weighted by Crippen LogP contribution is 2.22. The summed E-state index contributed by atoms with van der Waals surface area (Å²) >= 11 is 0. The largest absolute Gasteiger partial charge is 0.396 e. The van der Waals surface area contributed by atoms with Crippen molar-refractivity contribution in [2.24, 2.45) is 0 Å². The molecule has 1 aliphatic carbocycles. The van der Waals surface area contributed by atoms with Crippen molar-refractivity contribution in [3.8, 4) is 0 Å². The topological polar surface area (TPSA) is 48.4 Å². The molecule has 1 saturated carbocycles. The van der Waals surface area contributed by atoms with Crippen LogP contribution in [0.1, 0.15) is 44.2 Å². The van der Waals surface area contributed by atoms with Gasteiger partial charge in [0, 0.05) is 38.0 Å². The molecule has 112 valence electrons. The maximum Gasteiger partial charge on any atom is 0.131 e. The Kier molecular flexibility index (Phi) is 5.38. The molecule has 0 bridgehead atoms. The molecule has 0 aliphatic heterocycles. The fourth-order valence-electron chi connectivity index (χ4n) is 2.42. The Balaban J connectivity index is 2.04. The predicted molar refractivity (Wildman–Crippen MR) is 83.0 cm³/mol. The Labute approximate surface area is 122 Å². The van der Waals surface area contributed by atoms with Gasteiger partial charge in [-0.05, 0) is 57.2 Å². The number of nitrogens with one attached hydrogen (secondary N) is 1. The predicted octanol–water partition coefficient (Wildman–Crippen LogP) is 2.24. The lowest BCUT2D eigenvalue weighted by molar-refractivity contribution is 0.288. The Morgan fingerprint density at radius 1 is 1.45 bits per heavy atom. The van der Waals surface area contributed by atoms with Gasteiger partial charge in [-0.3, -0.25) is 0 Å². The van der Waals surface area contributed by atoms with E-state index in [-0.39, 0.29) is 6.61 Å². The van der Waals surface area contributed by atoms with Gasteiger partial charge in [0.25, 0.3) is 0 Å². The van der Waals surface area contributed by atoms with E-state index in [0.717, 1.165) is 31.4 Å². The van der Waals surface area contributed by atoms with E-state index in [2.05, 4.69) is 42.0 Å². The standard InChI is InChI=1S/C16H27N3O/c1-12(2)19(7-4-8-20)16-13(3)9-14(11-18-16)10-17-15-5-6-15/h9,11-12,15,17,20H,4-8,10H2,1-3H3. The van der Waals surface area contributed by atoms with Gasteiger partial charge < -0.3 is 15.3 Å². The Hall–Kier alpha value is -1.13. The molecular weight excluding hydrogens is 250 g/mol. The van der Waals surface area contributed by atoms with E-state index >= 15 is 0 Å². The lowest BCUT2D eigenvalue weighted by Crippen LogP contribution is -2.33. The van der Waals surface area contributed by atoms with E-state index < -0.39 is 0 Å². The number of aromatic nitrogens is 1. The normalized spacial score (nSPS) is 14.8. The summed E-state index contributed by atoms with van der Waals surface area (Å²) < 4.78 is 0. The Bertz CT molecular complexity index is 430. The Morgan fingerprint density at radius 2 is 2.20 bits per heavy atom. The van der Waals surface area contributed by atoms with Crippen molar-refractivity contribution in [3.05, 3.63) is 23.4 Å². The summed E-state index contributed by atoms with van der Waals surface area (Å²) in [5, 5.41) is 12.5. The first-order valence-electron chi connectivity index (χ1n) is 7.68. The van der Waals surface area contributed by atoms with E-state index in [4.69, 9.17) is 5.11 Å².